The second-order valence-electron chi connectivity index (χ2n) is 5.93. The van der Waals surface area contributed by atoms with Crippen LogP contribution in [0.2, 0.25) is 0 Å². The van der Waals surface area contributed by atoms with Crippen molar-refractivity contribution < 1.29 is 14.4 Å². The van der Waals surface area contributed by atoms with E-state index in [1.54, 1.807) is 0 Å². The number of amides is 1. The van der Waals surface area contributed by atoms with Gasteiger partial charge in [0.25, 0.3) is 0 Å². The molecule has 5 nitrogen and oxygen atoms in total. The van der Waals surface area contributed by atoms with Crippen molar-refractivity contribution in [3.05, 3.63) is 52.4 Å². The molecule has 2 N–H and O–H groups in total. The van der Waals surface area contributed by atoms with Crippen LogP contribution in [-0.4, -0.2) is 22.3 Å². The molecule has 23 heavy (non-hydrogen) atoms. The number of fused-ring (bicyclic) bond motifs is 1. The molecular formula is C18H22N2O3. The summed E-state index contributed by atoms with van der Waals surface area (Å²) in [4.78, 5) is 12.5. The average molecular weight is 314 g/mol. The minimum absolute atomic E-state index is 0.113. The van der Waals surface area contributed by atoms with Gasteiger partial charge in [-0.3, -0.25) is 4.79 Å². The molecule has 0 fully saturated rings. The predicted octanol–water partition coefficient (Wildman–Crippen LogP) is 2.12. The highest BCUT2D eigenvalue weighted by Gasteiger charge is 2.32. The van der Waals surface area contributed by atoms with Gasteiger partial charge in [0.1, 0.15) is 5.76 Å². The smallest absolute Gasteiger partial charge is 0.225 e. The molecule has 0 saturated heterocycles. The maximum Gasteiger partial charge on any atom is 0.225 e. The maximum absolute atomic E-state index is 12.5. The van der Waals surface area contributed by atoms with E-state index in [0.717, 1.165) is 34.6 Å². The zero-order chi connectivity index (χ0) is 16.4. The molecule has 5 heteroatoms. The number of aliphatic hydroxyl groups is 1. The first-order valence-corrected chi connectivity index (χ1v) is 8.15. The lowest BCUT2D eigenvalue weighted by atomic mass is 10.0. The largest absolute Gasteiger partial charge is 0.390 e. The minimum atomic E-state index is -0.574. The number of carbonyl (C=O) groups is 1. The first kappa shape index (κ1) is 15.7. The van der Waals surface area contributed by atoms with E-state index in [9.17, 15) is 9.90 Å². The second kappa shape index (κ2) is 6.54. The van der Waals surface area contributed by atoms with Crippen molar-refractivity contribution in [1.82, 2.24) is 10.5 Å². The van der Waals surface area contributed by atoms with Crippen LogP contribution in [0.5, 0.6) is 0 Å². The van der Waals surface area contributed by atoms with Gasteiger partial charge >= 0.3 is 0 Å². The van der Waals surface area contributed by atoms with E-state index in [-0.39, 0.29) is 18.4 Å². The lowest BCUT2D eigenvalue weighted by Crippen LogP contribution is -2.35. The lowest BCUT2D eigenvalue weighted by Gasteiger charge is -2.18. The number of aromatic nitrogens is 1. The number of rotatable bonds is 5. The number of aliphatic hydroxyl groups excluding tert-OH is 1. The van der Waals surface area contributed by atoms with Crippen molar-refractivity contribution in [3.8, 4) is 0 Å². The molecule has 1 heterocycles. The van der Waals surface area contributed by atoms with Crippen LogP contribution in [0.1, 0.15) is 48.0 Å². The summed E-state index contributed by atoms with van der Waals surface area (Å²) in [6, 6.07) is 7.50. The number of hydrogen-bond acceptors (Lipinski definition) is 4. The zero-order valence-electron chi connectivity index (χ0n) is 13.5. The Morgan fingerprint density at radius 2 is 2.13 bits per heavy atom. The Bertz CT molecular complexity index is 687. The number of benzene rings is 1. The number of hydrogen-bond donors (Lipinski definition) is 2. The highest BCUT2D eigenvalue weighted by molar-refractivity contribution is 5.79. The molecule has 1 amide bonds. The van der Waals surface area contributed by atoms with Crippen molar-refractivity contribution in [2.75, 3.05) is 0 Å². The highest BCUT2D eigenvalue weighted by atomic mass is 16.5. The fraction of sp³-hybridized carbons (Fsp3) is 0.444. The molecule has 0 bridgehead atoms. The first-order chi connectivity index (χ1) is 11.1. The SMILES string of the molecule is CCc1noc(CC)c1CC(=O)NC1c2ccccc2CC1O. The number of nitrogens with one attached hydrogen (secondary N) is 1. The molecular weight excluding hydrogens is 292 g/mol. The third kappa shape index (κ3) is 3.01. The lowest BCUT2D eigenvalue weighted by molar-refractivity contribution is -0.122. The number of nitrogens with zero attached hydrogens (tertiary/aromatic N) is 1. The molecule has 0 radical (unpaired) electrons. The summed E-state index contributed by atoms with van der Waals surface area (Å²) < 4.78 is 5.30. The Balaban J connectivity index is 1.74. The summed E-state index contributed by atoms with van der Waals surface area (Å²) in [5, 5.41) is 17.2. The molecule has 1 aliphatic rings. The molecule has 2 aromatic rings. The van der Waals surface area contributed by atoms with Gasteiger partial charge < -0.3 is 14.9 Å². The van der Waals surface area contributed by atoms with Crippen molar-refractivity contribution in [1.29, 1.82) is 0 Å². The third-order valence-electron chi connectivity index (χ3n) is 4.46. The van der Waals surface area contributed by atoms with Gasteiger partial charge in [0.05, 0.1) is 24.3 Å². The van der Waals surface area contributed by atoms with Crippen molar-refractivity contribution in [3.63, 3.8) is 0 Å². The minimum Gasteiger partial charge on any atom is -0.390 e. The van der Waals surface area contributed by atoms with Gasteiger partial charge in [-0.25, -0.2) is 0 Å². The Morgan fingerprint density at radius 3 is 2.87 bits per heavy atom. The van der Waals surface area contributed by atoms with Crippen LogP contribution >= 0.6 is 0 Å². The number of carbonyl (C=O) groups excluding carboxylic acids is 1. The maximum atomic E-state index is 12.5. The number of aryl methyl sites for hydroxylation is 2. The van der Waals surface area contributed by atoms with E-state index >= 15 is 0 Å². The van der Waals surface area contributed by atoms with Crippen LogP contribution in [0.4, 0.5) is 0 Å². The molecule has 0 saturated carbocycles. The molecule has 1 aromatic carbocycles. The Hall–Kier alpha value is -2.14. The summed E-state index contributed by atoms with van der Waals surface area (Å²) in [5.41, 5.74) is 3.82. The third-order valence-corrected chi connectivity index (χ3v) is 4.46. The molecule has 2 atom stereocenters. The van der Waals surface area contributed by atoms with Crippen LogP contribution in [-0.2, 0) is 30.5 Å². The average Bonchev–Trinajstić information content (AvgIpc) is 3.08. The van der Waals surface area contributed by atoms with Gasteiger partial charge in [0.15, 0.2) is 0 Å². The molecule has 1 aliphatic carbocycles. The summed E-state index contributed by atoms with van der Waals surface area (Å²) >= 11 is 0. The molecule has 1 aromatic heterocycles. The van der Waals surface area contributed by atoms with E-state index in [4.69, 9.17) is 4.52 Å². The van der Waals surface area contributed by atoms with Crippen LogP contribution in [0.3, 0.4) is 0 Å². The van der Waals surface area contributed by atoms with Crippen LogP contribution < -0.4 is 5.32 Å². The van der Waals surface area contributed by atoms with E-state index in [0.29, 0.717) is 12.8 Å². The summed E-state index contributed by atoms with van der Waals surface area (Å²) in [6.07, 6.45) is 1.69. The second-order valence-corrected chi connectivity index (χ2v) is 5.93. The predicted molar refractivity (Wildman–Crippen MR) is 86.0 cm³/mol. The molecule has 2 unspecified atom stereocenters. The molecule has 3 rings (SSSR count). The summed E-state index contributed by atoms with van der Waals surface area (Å²) in [6.45, 7) is 3.98. The van der Waals surface area contributed by atoms with Gasteiger partial charge in [-0.15, -0.1) is 0 Å². The quantitative estimate of drug-likeness (QED) is 0.886. The fourth-order valence-electron chi connectivity index (χ4n) is 3.27. The van der Waals surface area contributed by atoms with Gasteiger partial charge in [-0.2, -0.15) is 0 Å². The van der Waals surface area contributed by atoms with Gasteiger partial charge in [0.2, 0.25) is 5.91 Å². The summed E-state index contributed by atoms with van der Waals surface area (Å²) in [7, 11) is 0. The Morgan fingerprint density at radius 1 is 1.35 bits per heavy atom. The van der Waals surface area contributed by atoms with Crippen LogP contribution in [0.15, 0.2) is 28.8 Å². The van der Waals surface area contributed by atoms with Gasteiger partial charge in [-0.05, 0) is 17.5 Å². The van der Waals surface area contributed by atoms with E-state index in [1.807, 2.05) is 38.1 Å². The van der Waals surface area contributed by atoms with Gasteiger partial charge in [-0.1, -0.05) is 43.3 Å². The summed E-state index contributed by atoms with van der Waals surface area (Å²) in [5.74, 6) is 0.655. The fourth-order valence-corrected chi connectivity index (χ4v) is 3.27. The van der Waals surface area contributed by atoms with E-state index < -0.39 is 6.10 Å². The molecule has 0 spiro atoms. The van der Waals surface area contributed by atoms with Crippen LogP contribution in [0, 0.1) is 0 Å². The molecule has 0 aliphatic heterocycles. The molecule has 122 valence electrons. The van der Waals surface area contributed by atoms with E-state index in [2.05, 4.69) is 10.5 Å². The zero-order valence-corrected chi connectivity index (χ0v) is 13.5. The standard InChI is InChI=1S/C18H22N2O3/c1-3-14-13(16(4-2)23-20-14)10-17(22)19-18-12-8-6-5-7-11(12)9-15(18)21/h5-8,15,18,21H,3-4,9-10H2,1-2H3,(H,19,22). The highest BCUT2D eigenvalue weighted by Crippen LogP contribution is 2.31. The topological polar surface area (TPSA) is 75.4 Å². The first-order valence-electron chi connectivity index (χ1n) is 8.15. The van der Waals surface area contributed by atoms with Gasteiger partial charge in [0, 0.05) is 18.4 Å². The van der Waals surface area contributed by atoms with Crippen LogP contribution in [0.25, 0.3) is 0 Å². The Labute approximate surface area is 135 Å². The monoisotopic (exact) mass is 314 g/mol. The van der Waals surface area contributed by atoms with E-state index in [1.165, 1.54) is 0 Å². The van der Waals surface area contributed by atoms with Crippen molar-refractivity contribution in [2.24, 2.45) is 0 Å². The Kier molecular flexibility index (Phi) is 4.48. The van der Waals surface area contributed by atoms with Crippen molar-refractivity contribution >= 4 is 5.91 Å². The van der Waals surface area contributed by atoms with Crippen molar-refractivity contribution in [2.45, 2.75) is 51.7 Å². The normalized spacial score (nSPS) is 19.6.